The van der Waals surface area contributed by atoms with Gasteiger partial charge in [0, 0.05) is 13.1 Å². The lowest BCUT2D eigenvalue weighted by molar-refractivity contribution is -0.144. The number of hydrogen-bond acceptors (Lipinski definition) is 10. The maximum Gasteiger partial charge on any atom is 0.326 e. The summed E-state index contributed by atoms with van der Waals surface area (Å²) in [6.45, 7) is 0.373. The summed E-state index contributed by atoms with van der Waals surface area (Å²) in [7, 11) is 0. The predicted molar refractivity (Wildman–Crippen MR) is 162 cm³/mol. The number of likely N-dealkylation sites (tertiary alicyclic amines) is 2. The molecule has 0 bridgehead atoms. The van der Waals surface area contributed by atoms with Crippen LogP contribution in [0.3, 0.4) is 0 Å². The smallest absolute Gasteiger partial charge is 0.326 e. The summed E-state index contributed by atoms with van der Waals surface area (Å²) in [5.74, 6) is -4.34. The topological polar surface area (TPSA) is 272 Å². The number of carboxylic acid groups (broad SMARTS) is 1. The quantitative estimate of drug-likeness (QED) is 0.0641. The second-order valence-electron chi connectivity index (χ2n) is 11.2. The summed E-state index contributed by atoms with van der Waals surface area (Å²) in [5, 5.41) is 19.7. The van der Waals surface area contributed by atoms with E-state index in [1.165, 1.54) is 9.80 Å². The van der Waals surface area contributed by atoms with Gasteiger partial charge in [0.1, 0.15) is 24.2 Å². The Bertz CT molecular complexity index is 1060. The molecule has 0 spiro atoms. The normalized spacial score (nSPS) is 19.0. The number of carboxylic acids is 1. The fraction of sp³-hybridized carbons (Fsp3) is 0.750. The standard InChI is InChI=1S/C28H49N9O8/c29-11-3-1-7-18(34-26(42)20-9-5-13-36(20)23(39)16-32-22(38)15-31)25(41)33-17-24(40)37-14-6-10-21(37)27(43)35-19(28(44)45)8-2-4-12-30/h18-21H,1-17,29-31H2,(H,32,38)(H,33,41)(H,34,42)(H,35,43)(H,44,45)/t18-,19-,20-,21-/m0/s1. The molecule has 0 unspecified atom stereocenters. The fourth-order valence-corrected chi connectivity index (χ4v) is 5.46. The van der Waals surface area contributed by atoms with Crippen LogP contribution in [0.5, 0.6) is 0 Å². The number of rotatable bonds is 19. The van der Waals surface area contributed by atoms with Crippen LogP contribution in [0.1, 0.15) is 64.2 Å². The Hall–Kier alpha value is -3.83. The lowest BCUT2D eigenvalue weighted by Gasteiger charge is -2.27. The van der Waals surface area contributed by atoms with Crippen molar-refractivity contribution in [3.05, 3.63) is 0 Å². The van der Waals surface area contributed by atoms with E-state index < -0.39 is 72.1 Å². The van der Waals surface area contributed by atoms with Crippen LogP contribution in [0.4, 0.5) is 0 Å². The van der Waals surface area contributed by atoms with Crippen molar-refractivity contribution in [1.82, 2.24) is 31.1 Å². The van der Waals surface area contributed by atoms with Crippen LogP contribution in [0, 0.1) is 0 Å². The second kappa shape index (κ2) is 19.5. The Morgan fingerprint density at radius 2 is 1.16 bits per heavy atom. The van der Waals surface area contributed by atoms with E-state index in [1.54, 1.807) is 0 Å². The van der Waals surface area contributed by atoms with E-state index in [9.17, 15) is 38.7 Å². The SMILES string of the molecule is NCCCC[C@H](NC(=O)[C@@H]1CCCN1C(=O)CNC(=O)[C@H](CCCCN)NC(=O)[C@@H]1CCCN1C(=O)CNC(=O)CN)C(=O)O. The van der Waals surface area contributed by atoms with Gasteiger partial charge in [-0.05, 0) is 77.3 Å². The molecule has 0 aromatic rings. The van der Waals surface area contributed by atoms with Crippen LogP contribution in [0.15, 0.2) is 0 Å². The molecule has 2 aliphatic heterocycles. The average molecular weight is 640 g/mol. The molecule has 0 aliphatic carbocycles. The van der Waals surface area contributed by atoms with Crippen LogP contribution in [-0.4, -0.2) is 126 Å². The van der Waals surface area contributed by atoms with E-state index >= 15 is 0 Å². The summed E-state index contributed by atoms with van der Waals surface area (Å²) in [5.41, 5.74) is 16.3. The highest BCUT2D eigenvalue weighted by molar-refractivity contribution is 5.95. The lowest BCUT2D eigenvalue weighted by Crippen LogP contribution is -2.55. The number of aliphatic carboxylic acids is 1. The summed E-state index contributed by atoms with van der Waals surface area (Å²) >= 11 is 0. The molecule has 2 rings (SSSR count). The molecule has 0 aromatic carbocycles. The van der Waals surface area contributed by atoms with Gasteiger partial charge in [-0.25, -0.2) is 4.79 Å². The molecular formula is C28H49N9O8. The maximum atomic E-state index is 13.2. The van der Waals surface area contributed by atoms with Crippen LogP contribution >= 0.6 is 0 Å². The van der Waals surface area contributed by atoms with Crippen molar-refractivity contribution in [1.29, 1.82) is 0 Å². The van der Waals surface area contributed by atoms with E-state index in [2.05, 4.69) is 21.3 Å². The van der Waals surface area contributed by atoms with Crippen LogP contribution in [0.2, 0.25) is 0 Å². The summed E-state index contributed by atoms with van der Waals surface area (Å²) < 4.78 is 0. The largest absolute Gasteiger partial charge is 0.480 e. The Balaban J connectivity index is 1.99. The molecule has 0 saturated carbocycles. The molecule has 254 valence electrons. The second-order valence-corrected chi connectivity index (χ2v) is 11.2. The van der Waals surface area contributed by atoms with Gasteiger partial charge in [0.05, 0.1) is 19.6 Å². The minimum absolute atomic E-state index is 0.212. The summed E-state index contributed by atoms with van der Waals surface area (Å²) in [6, 6.07) is -3.80. The molecule has 2 saturated heterocycles. The van der Waals surface area contributed by atoms with Gasteiger partial charge >= 0.3 is 5.97 Å². The van der Waals surface area contributed by atoms with Crippen molar-refractivity contribution in [3.63, 3.8) is 0 Å². The van der Waals surface area contributed by atoms with Gasteiger partial charge < -0.3 is 53.4 Å². The Labute approximate surface area is 262 Å². The van der Waals surface area contributed by atoms with E-state index in [0.717, 1.165) is 0 Å². The molecule has 17 heteroatoms. The minimum atomic E-state index is -1.17. The van der Waals surface area contributed by atoms with E-state index in [4.69, 9.17) is 17.2 Å². The van der Waals surface area contributed by atoms with Gasteiger partial charge in [0.15, 0.2) is 0 Å². The van der Waals surface area contributed by atoms with E-state index in [1.807, 2.05) is 0 Å². The van der Waals surface area contributed by atoms with Crippen molar-refractivity contribution >= 4 is 41.4 Å². The monoisotopic (exact) mass is 639 g/mol. The molecular weight excluding hydrogens is 590 g/mol. The molecule has 0 aromatic heterocycles. The number of unbranched alkanes of at least 4 members (excludes halogenated alkanes) is 2. The van der Waals surface area contributed by atoms with E-state index in [-0.39, 0.29) is 32.5 Å². The van der Waals surface area contributed by atoms with Crippen LogP contribution in [-0.2, 0) is 33.6 Å². The Morgan fingerprint density at radius 3 is 1.62 bits per heavy atom. The summed E-state index contributed by atoms with van der Waals surface area (Å²) in [4.78, 5) is 90.7. The first kappa shape index (κ1) is 37.4. The first-order chi connectivity index (χ1) is 21.5. The predicted octanol–water partition coefficient (Wildman–Crippen LogP) is -3.53. The van der Waals surface area contributed by atoms with Gasteiger partial charge in [0.25, 0.3) is 0 Å². The number of carbonyl (C=O) groups is 7. The van der Waals surface area contributed by atoms with Crippen molar-refractivity contribution in [2.24, 2.45) is 17.2 Å². The van der Waals surface area contributed by atoms with Crippen molar-refractivity contribution < 1.29 is 38.7 Å². The number of hydrogen-bond donors (Lipinski definition) is 8. The van der Waals surface area contributed by atoms with Crippen molar-refractivity contribution in [2.75, 3.05) is 45.8 Å². The number of nitrogens with zero attached hydrogens (tertiary/aromatic N) is 2. The zero-order chi connectivity index (χ0) is 33.4. The van der Waals surface area contributed by atoms with Crippen LogP contribution < -0.4 is 38.5 Å². The molecule has 4 atom stereocenters. The third kappa shape index (κ3) is 11.9. The van der Waals surface area contributed by atoms with Crippen molar-refractivity contribution in [3.8, 4) is 0 Å². The van der Waals surface area contributed by atoms with Gasteiger partial charge in [-0.3, -0.25) is 28.8 Å². The lowest BCUT2D eigenvalue weighted by atomic mass is 10.1. The highest BCUT2D eigenvalue weighted by Gasteiger charge is 2.37. The highest BCUT2D eigenvalue weighted by atomic mass is 16.4. The van der Waals surface area contributed by atoms with Gasteiger partial charge in [-0.1, -0.05) is 0 Å². The molecule has 2 fully saturated rings. The molecule has 11 N–H and O–H groups in total. The number of carbonyl (C=O) groups excluding carboxylic acids is 6. The van der Waals surface area contributed by atoms with Crippen LogP contribution in [0.25, 0.3) is 0 Å². The number of nitrogens with one attached hydrogen (secondary N) is 4. The molecule has 2 heterocycles. The molecule has 17 nitrogen and oxygen atoms in total. The average Bonchev–Trinajstić information content (AvgIpc) is 3.72. The maximum absolute atomic E-state index is 13.2. The zero-order valence-corrected chi connectivity index (χ0v) is 25.8. The fourth-order valence-electron chi connectivity index (χ4n) is 5.46. The summed E-state index contributed by atoms with van der Waals surface area (Å²) in [6.07, 6.45) is 4.55. The molecule has 2 aliphatic rings. The third-order valence-corrected chi connectivity index (χ3v) is 7.93. The van der Waals surface area contributed by atoms with E-state index in [0.29, 0.717) is 71.0 Å². The molecule has 0 radical (unpaired) electrons. The Morgan fingerprint density at radius 1 is 0.689 bits per heavy atom. The number of nitrogens with two attached hydrogens (primary N) is 3. The van der Waals surface area contributed by atoms with Crippen molar-refractivity contribution in [2.45, 2.75) is 88.4 Å². The van der Waals surface area contributed by atoms with Gasteiger partial charge in [0.2, 0.25) is 35.4 Å². The third-order valence-electron chi connectivity index (χ3n) is 7.93. The minimum Gasteiger partial charge on any atom is -0.480 e. The highest BCUT2D eigenvalue weighted by Crippen LogP contribution is 2.19. The zero-order valence-electron chi connectivity index (χ0n) is 25.8. The Kier molecular flexibility index (Phi) is 16.2. The number of amides is 6. The van der Waals surface area contributed by atoms with Gasteiger partial charge in [-0.2, -0.15) is 0 Å². The first-order valence-electron chi connectivity index (χ1n) is 15.6. The first-order valence-corrected chi connectivity index (χ1v) is 15.6. The molecule has 6 amide bonds. The molecule has 45 heavy (non-hydrogen) atoms. The van der Waals surface area contributed by atoms with Gasteiger partial charge in [-0.15, -0.1) is 0 Å².